The van der Waals surface area contributed by atoms with Gasteiger partial charge in [0, 0.05) is 16.4 Å². The van der Waals surface area contributed by atoms with Gasteiger partial charge in [-0.1, -0.05) is 15.9 Å². The number of amides is 1. The van der Waals surface area contributed by atoms with Gasteiger partial charge in [-0.25, -0.2) is 4.79 Å². The summed E-state index contributed by atoms with van der Waals surface area (Å²) in [6, 6.07) is 0.196. The molecule has 1 fully saturated rings. The number of rotatable bonds is 1. The number of carbonyl (C=O) groups is 1. The molecule has 0 spiro atoms. The van der Waals surface area contributed by atoms with Crippen LogP contribution in [0.1, 0.15) is 33.6 Å². The summed E-state index contributed by atoms with van der Waals surface area (Å²) in [7, 11) is 0. The molecule has 0 aromatic heterocycles. The van der Waals surface area contributed by atoms with E-state index in [1.807, 2.05) is 20.8 Å². The Morgan fingerprint density at radius 1 is 1.46 bits per heavy atom. The maximum atomic E-state index is 11.0. The Morgan fingerprint density at radius 2 is 1.92 bits per heavy atom. The molecule has 0 saturated heterocycles. The van der Waals surface area contributed by atoms with E-state index in [4.69, 9.17) is 5.11 Å². The summed E-state index contributed by atoms with van der Waals surface area (Å²) in [6.07, 6.45) is 1.06. The summed E-state index contributed by atoms with van der Waals surface area (Å²) in [5.41, 5.74) is -0.288. The molecule has 1 aliphatic rings. The SMILES string of the molecule is CC(C)(C)N(C(=O)O)C1CC(Br)C1. The molecule has 76 valence electrons. The van der Waals surface area contributed by atoms with Crippen LogP contribution in [-0.4, -0.2) is 32.5 Å². The van der Waals surface area contributed by atoms with Crippen molar-refractivity contribution < 1.29 is 9.90 Å². The van der Waals surface area contributed by atoms with Crippen LogP contribution in [0.2, 0.25) is 0 Å². The fraction of sp³-hybridized carbons (Fsp3) is 0.889. The van der Waals surface area contributed by atoms with E-state index in [0.717, 1.165) is 12.8 Å². The molecule has 1 N–H and O–H groups in total. The van der Waals surface area contributed by atoms with E-state index in [0.29, 0.717) is 4.83 Å². The summed E-state index contributed by atoms with van der Waals surface area (Å²) >= 11 is 3.47. The monoisotopic (exact) mass is 249 g/mol. The Kier molecular flexibility index (Phi) is 2.90. The molecule has 0 unspecified atom stereocenters. The molecule has 1 rings (SSSR count). The van der Waals surface area contributed by atoms with E-state index >= 15 is 0 Å². The van der Waals surface area contributed by atoms with E-state index in [2.05, 4.69) is 15.9 Å². The Bertz CT molecular complexity index is 206. The van der Waals surface area contributed by atoms with E-state index < -0.39 is 6.09 Å². The first-order valence-electron chi connectivity index (χ1n) is 4.48. The molecule has 13 heavy (non-hydrogen) atoms. The number of hydrogen-bond acceptors (Lipinski definition) is 1. The van der Waals surface area contributed by atoms with Crippen molar-refractivity contribution in [3.63, 3.8) is 0 Å². The van der Waals surface area contributed by atoms with Crippen molar-refractivity contribution in [1.82, 2.24) is 4.90 Å². The van der Waals surface area contributed by atoms with Gasteiger partial charge in [0.15, 0.2) is 0 Å². The predicted octanol–water partition coefficient (Wildman–Crippen LogP) is 2.69. The summed E-state index contributed by atoms with van der Waals surface area (Å²) in [6.45, 7) is 5.80. The number of alkyl halides is 1. The highest BCUT2D eigenvalue weighted by atomic mass is 79.9. The zero-order chi connectivity index (χ0) is 10.2. The van der Waals surface area contributed by atoms with Crippen LogP contribution in [0, 0.1) is 0 Å². The molecule has 0 heterocycles. The summed E-state index contributed by atoms with van der Waals surface area (Å²) in [5.74, 6) is 0. The first-order valence-corrected chi connectivity index (χ1v) is 5.40. The third-order valence-corrected chi connectivity index (χ3v) is 3.10. The quantitative estimate of drug-likeness (QED) is 0.727. The van der Waals surface area contributed by atoms with Gasteiger partial charge in [-0.05, 0) is 33.6 Å². The molecule has 0 bridgehead atoms. The van der Waals surface area contributed by atoms with Crippen LogP contribution in [0.4, 0.5) is 4.79 Å². The van der Waals surface area contributed by atoms with Gasteiger partial charge in [-0.2, -0.15) is 0 Å². The maximum absolute atomic E-state index is 11.0. The molecule has 1 saturated carbocycles. The van der Waals surface area contributed by atoms with Gasteiger partial charge in [0.05, 0.1) is 0 Å². The van der Waals surface area contributed by atoms with Crippen LogP contribution in [0.5, 0.6) is 0 Å². The lowest BCUT2D eigenvalue weighted by Crippen LogP contribution is -2.56. The molecular weight excluding hydrogens is 234 g/mol. The first kappa shape index (κ1) is 10.8. The lowest BCUT2D eigenvalue weighted by molar-refractivity contribution is 0.0454. The molecule has 0 aromatic rings. The predicted molar refractivity (Wildman–Crippen MR) is 55.4 cm³/mol. The normalized spacial score (nSPS) is 28.0. The van der Waals surface area contributed by atoms with Gasteiger partial charge in [0.2, 0.25) is 0 Å². The van der Waals surface area contributed by atoms with E-state index in [1.54, 1.807) is 4.90 Å². The van der Waals surface area contributed by atoms with Crippen LogP contribution in [0.3, 0.4) is 0 Å². The average molecular weight is 250 g/mol. The first-order chi connectivity index (χ1) is 5.82. The largest absolute Gasteiger partial charge is 0.465 e. The van der Waals surface area contributed by atoms with Crippen LogP contribution in [0.25, 0.3) is 0 Å². The van der Waals surface area contributed by atoms with Crippen LogP contribution < -0.4 is 0 Å². The molecule has 0 aliphatic heterocycles. The second-order valence-electron chi connectivity index (χ2n) is 4.55. The molecule has 1 amide bonds. The zero-order valence-corrected chi connectivity index (χ0v) is 9.84. The van der Waals surface area contributed by atoms with E-state index in [9.17, 15) is 4.79 Å². The van der Waals surface area contributed by atoms with Gasteiger partial charge in [0.25, 0.3) is 0 Å². The molecule has 1 aliphatic carbocycles. The van der Waals surface area contributed by atoms with Crippen molar-refractivity contribution in [2.75, 3.05) is 0 Å². The van der Waals surface area contributed by atoms with Crippen molar-refractivity contribution in [3.05, 3.63) is 0 Å². The van der Waals surface area contributed by atoms with Gasteiger partial charge in [0.1, 0.15) is 0 Å². The highest BCUT2D eigenvalue weighted by molar-refractivity contribution is 9.09. The van der Waals surface area contributed by atoms with E-state index in [1.165, 1.54) is 0 Å². The number of hydrogen-bond donors (Lipinski definition) is 1. The molecule has 3 nitrogen and oxygen atoms in total. The number of nitrogens with zero attached hydrogens (tertiary/aromatic N) is 1. The number of carboxylic acid groups (broad SMARTS) is 1. The molecule has 0 aromatic carbocycles. The second-order valence-corrected chi connectivity index (χ2v) is 5.84. The van der Waals surface area contributed by atoms with Gasteiger partial charge < -0.3 is 10.0 Å². The van der Waals surface area contributed by atoms with Crippen LogP contribution in [0.15, 0.2) is 0 Å². The Morgan fingerprint density at radius 3 is 2.15 bits per heavy atom. The topological polar surface area (TPSA) is 40.5 Å². The summed E-state index contributed by atoms with van der Waals surface area (Å²) in [5, 5.41) is 9.04. The zero-order valence-electron chi connectivity index (χ0n) is 8.25. The average Bonchev–Trinajstić information content (AvgIpc) is 1.79. The minimum atomic E-state index is -0.808. The third-order valence-electron chi connectivity index (χ3n) is 2.35. The Labute approximate surface area is 87.2 Å². The van der Waals surface area contributed by atoms with Crippen molar-refractivity contribution in [2.45, 2.75) is 50.0 Å². The highest BCUT2D eigenvalue weighted by Crippen LogP contribution is 2.35. The van der Waals surface area contributed by atoms with Crippen molar-refractivity contribution in [1.29, 1.82) is 0 Å². The second kappa shape index (κ2) is 3.48. The van der Waals surface area contributed by atoms with Gasteiger partial charge in [-0.15, -0.1) is 0 Å². The Hall–Kier alpha value is -0.250. The van der Waals surface area contributed by atoms with Crippen LogP contribution >= 0.6 is 15.9 Å². The summed E-state index contributed by atoms with van der Waals surface area (Å²) < 4.78 is 0. The molecule has 4 heteroatoms. The molecule has 0 radical (unpaired) electrons. The van der Waals surface area contributed by atoms with Crippen LogP contribution in [-0.2, 0) is 0 Å². The van der Waals surface area contributed by atoms with Crippen molar-refractivity contribution in [2.24, 2.45) is 0 Å². The Balaban J connectivity index is 2.65. The van der Waals surface area contributed by atoms with Crippen molar-refractivity contribution >= 4 is 22.0 Å². The lowest BCUT2D eigenvalue weighted by atomic mass is 9.88. The number of halogens is 1. The van der Waals surface area contributed by atoms with Gasteiger partial charge in [-0.3, -0.25) is 0 Å². The molecule has 0 atom stereocenters. The third kappa shape index (κ3) is 2.36. The summed E-state index contributed by atoms with van der Waals surface area (Å²) in [4.78, 5) is 13.1. The minimum Gasteiger partial charge on any atom is -0.465 e. The minimum absolute atomic E-state index is 0.196. The van der Waals surface area contributed by atoms with E-state index in [-0.39, 0.29) is 11.6 Å². The standard InChI is InChI=1S/C9H16BrNO2/c1-9(2,3)11(8(12)13)7-4-6(10)5-7/h6-7H,4-5H2,1-3H3,(H,12,13). The smallest absolute Gasteiger partial charge is 0.407 e. The fourth-order valence-corrected chi connectivity index (χ4v) is 2.59. The van der Waals surface area contributed by atoms with Gasteiger partial charge >= 0.3 is 6.09 Å². The van der Waals surface area contributed by atoms with Crippen molar-refractivity contribution in [3.8, 4) is 0 Å². The maximum Gasteiger partial charge on any atom is 0.407 e. The lowest BCUT2D eigenvalue weighted by Gasteiger charge is -2.45. The molecular formula is C9H16BrNO2. The fourth-order valence-electron chi connectivity index (χ4n) is 1.72. The highest BCUT2D eigenvalue weighted by Gasteiger charge is 2.40.